The molecule has 1 heterocycles. The van der Waals surface area contributed by atoms with Crippen molar-refractivity contribution in [3.63, 3.8) is 0 Å². The Labute approximate surface area is 137 Å². The van der Waals surface area contributed by atoms with Crippen LogP contribution in [0.4, 0.5) is 10.1 Å². The van der Waals surface area contributed by atoms with E-state index in [-0.39, 0.29) is 18.0 Å². The second-order valence-corrected chi connectivity index (χ2v) is 5.10. The van der Waals surface area contributed by atoms with Gasteiger partial charge in [-0.15, -0.1) is 0 Å². The zero-order valence-electron chi connectivity index (χ0n) is 12.7. The van der Waals surface area contributed by atoms with Crippen molar-refractivity contribution in [3.05, 3.63) is 53.8 Å². The van der Waals surface area contributed by atoms with Crippen molar-refractivity contribution in [1.82, 2.24) is 5.32 Å². The maximum absolute atomic E-state index is 12.8. The van der Waals surface area contributed by atoms with E-state index in [2.05, 4.69) is 10.6 Å². The van der Waals surface area contributed by atoms with Crippen molar-refractivity contribution >= 4 is 17.5 Å². The first kappa shape index (κ1) is 15.8. The van der Waals surface area contributed by atoms with E-state index >= 15 is 0 Å². The lowest BCUT2D eigenvalue weighted by Crippen LogP contribution is -2.32. The molecule has 0 spiro atoms. The highest BCUT2D eigenvalue weighted by atomic mass is 19.1. The fourth-order valence-corrected chi connectivity index (χ4v) is 2.19. The van der Waals surface area contributed by atoms with E-state index in [0.717, 1.165) is 0 Å². The van der Waals surface area contributed by atoms with Crippen LogP contribution < -0.4 is 20.1 Å². The average molecular weight is 330 g/mol. The summed E-state index contributed by atoms with van der Waals surface area (Å²) in [5, 5.41) is 5.13. The molecule has 124 valence electrons. The Morgan fingerprint density at radius 1 is 1.00 bits per heavy atom. The van der Waals surface area contributed by atoms with Crippen molar-refractivity contribution in [2.24, 2.45) is 0 Å². The summed E-state index contributed by atoms with van der Waals surface area (Å²) in [6.45, 7) is 0.747. The lowest BCUT2D eigenvalue weighted by molar-refractivity contribution is -0.115. The zero-order valence-corrected chi connectivity index (χ0v) is 12.7. The number of ether oxygens (including phenoxy) is 2. The lowest BCUT2D eigenvalue weighted by Gasteiger charge is -2.19. The van der Waals surface area contributed by atoms with E-state index in [1.165, 1.54) is 24.3 Å². The lowest BCUT2D eigenvalue weighted by atomic mass is 10.2. The largest absolute Gasteiger partial charge is 0.486 e. The molecular formula is C17H15FN2O4. The smallest absolute Gasteiger partial charge is 0.251 e. The molecule has 0 saturated heterocycles. The molecular weight excluding hydrogens is 315 g/mol. The van der Waals surface area contributed by atoms with E-state index < -0.39 is 11.7 Å². The molecule has 0 radical (unpaired) electrons. The van der Waals surface area contributed by atoms with Gasteiger partial charge in [0.1, 0.15) is 19.0 Å². The number of fused-ring (bicyclic) bond motifs is 1. The summed E-state index contributed by atoms with van der Waals surface area (Å²) in [4.78, 5) is 23.8. The summed E-state index contributed by atoms with van der Waals surface area (Å²) in [6, 6.07) is 10.1. The molecule has 0 unspecified atom stereocenters. The molecule has 2 aromatic carbocycles. The molecule has 7 heteroatoms. The molecule has 0 bridgehead atoms. The van der Waals surface area contributed by atoms with Gasteiger partial charge in [-0.2, -0.15) is 0 Å². The van der Waals surface area contributed by atoms with Crippen molar-refractivity contribution in [3.8, 4) is 11.5 Å². The topological polar surface area (TPSA) is 76.7 Å². The third-order valence-corrected chi connectivity index (χ3v) is 3.34. The van der Waals surface area contributed by atoms with Crippen molar-refractivity contribution in [2.45, 2.75) is 0 Å². The first-order chi connectivity index (χ1) is 11.6. The van der Waals surface area contributed by atoms with Gasteiger partial charge in [0.2, 0.25) is 5.91 Å². The van der Waals surface area contributed by atoms with Gasteiger partial charge in [0.25, 0.3) is 5.91 Å². The van der Waals surface area contributed by atoms with Gasteiger partial charge in [0, 0.05) is 17.3 Å². The number of carbonyl (C=O) groups excluding carboxylic acids is 2. The van der Waals surface area contributed by atoms with Gasteiger partial charge in [-0.1, -0.05) is 0 Å². The highest BCUT2D eigenvalue weighted by Crippen LogP contribution is 2.32. The van der Waals surface area contributed by atoms with E-state index in [1.54, 1.807) is 18.2 Å². The predicted molar refractivity (Wildman–Crippen MR) is 84.8 cm³/mol. The van der Waals surface area contributed by atoms with Crippen LogP contribution in [0.5, 0.6) is 11.5 Å². The van der Waals surface area contributed by atoms with E-state index in [0.29, 0.717) is 30.4 Å². The molecule has 2 amide bonds. The Balaban J connectivity index is 1.54. The first-order valence-corrected chi connectivity index (χ1v) is 7.35. The standard InChI is InChI=1S/C17H15FN2O4/c18-12-3-1-11(2-4-12)17(22)19-10-16(21)20-13-5-6-14-15(9-13)24-8-7-23-14/h1-6,9H,7-8,10H2,(H,19,22)(H,20,21). The quantitative estimate of drug-likeness (QED) is 0.898. The number of halogens is 1. The maximum atomic E-state index is 12.8. The van der Waals surface area contributed by atoms with Gasteiger partial charge in [-0.3, -0.25) is 9.59 Å². The Morgan fingerprint density at radius 2 is 1.71 bits per heavy atom. The molecule has 0 aromatic heterocycles. The fraction of sp³-hybridized carbons (Fsp3) is 0.176. The molecule has 6 nitrogen and oxygen atoms in total. The first-order valence-electron chi connectivity index (χ1n) is 7.35. The van der Waals surface area contributed by atoms with Gasteiger partial charge >= 0.3 is 0 Å². The molecule has 1 aliphatic heterocycles. The molecule has 1 aliphatic rings. The minimum Gasteiger partial charge on any atom is -0.486 e. The zero-order chi connectivity index (χ0) is 16.9. The van der Waals surface area contributed by atoms with Crippen LogP contribution in [0.15, 0.2) is 42.5 Å². The van der Waals surface area contributed by atoms with Crippen molar-refractivity contribution < 1.29 is 23.5 Å². The van der Waals surface area contributed by atoms with Crippen LogP contribution in [-0.4, -0.2) is 31.6 Å². The fourth-order valence-electron chi connectivity index (χ4n) is 2.19. The van der Waals surface area contributed by atoms with Crippen LogP contribution >= 0.6 is 0 Å². The Hall–Kier alpha value is -3.09. The molecule has 3 rings (SSSR count). The highest BCUT2D eigenvalue weighted by Gasteiger charge is 2.13. The molecule has 0 atom stereocenters. The summed E-state index contributed by atoms with van der Waals surface area (Å²) in [6.07, 6.45) is 0. The molecule has 2 N–H and O–H groups in total. The number of carbonyl (C=O) groups is 2. The summed E-state index contributed by atoms with van der Waals surface area (Å²) in [5.41, 5.74) is 0.823. The molecule has 0 aliphatic carbocycles. The average Bonchev–Trinajstić information content (AvgIpc) is 2.60. The van der Waals surface area contributed by atoms with Crippen LogP contribution in [-0.2, 0) is 4.79 Å². The van der Waals surface area contributed by atoms with E-state index in [4.69, 9.17) is 9.47 Å². The number of hydrogen-bond acceptors (Lipinski definition) is 4. The Bertz CT molecular complexity index is 762. The van der Waals surface area contributed by atoms with Crippen LogP contribution in [0.3, 0.4) is 0 Å². The van der Waals surface area contributed by atoms with Crippen LogP contribution in [0.25, 0.3) is 0 Å². The summed E-state index contributed by atoms with van der Waals surface area (Å²) in [7, 11) is 0. The van der Waals surface area contributed by atoms with E-state index in [1.807, 2.05) is 0 Å². The molecule has 0 fully saturated rings. The van der Waals surface area contributed by atoms with Gasteiger partial charge in [-0.05, 0) is 36.4 Å². The molecule has 0 saturated carbocycles. The number of amides is 2. The number of hydrogen-bond donors (Lipinski definition) is 2. The number of benzene rings is 2. The Morgan fingerprint density at radius 3 is 2.46 bits per heavy atom. The van der Waals surface area contributed by atoms with Gasteiger partial charge < -0.3 is 20.1 Å². The third kappa shape index (κ3) is 3.81. The monoisotopic (exact) mass is 330 g/mol. The summed E-state index contributed by atoms with van der Waals surface area (Å²) in [5.74, 6) is -0.0735. The second kappa shape index (κ2) is 6.99. The Kier molecular flexibility index (Phi) is 4.60. The van der Waals surface area contributed by atoms with Gasteiger partial charge in [0.15, 0.2) is 11.5 Å². The molecule has 2 aromatic rings. The summed E-state index contributed by atoms with van der Waals surface area (Å²) >= 11 is 0. The summed E-state index contributed by atoms with van der Waals surface area (Å²) < 4.78 is 23.6. The minimum atomic E-state index is -0.452. The van der Waals surface area contributed by atoms with Crippen LogP contribution in [0, 0.1) is 5.82 Å². The predicted octanol–water partition coefficient (Wildman–Crippen LogP) is 1.97. The van der Waals surface area contributed by atoms with Gasteiger partial charge in [-0.25, -0.2) is 4.39 Å². The third-order valence-electron chi connectivity index (χ3n) is 3.34. The number of rotatable bonds is 4. The van der Waals surface area contributed by atoms with Gasteiger partial charge in [0.05, 0.1) is 6.54 Å². The highest BCUT2D eigenvalue weighted by molar-refractivity contribution is 5.99. The SMILES string of the molecule is O=C(CNC(=O)c1ccc(F)cc1)Nc1ccc2c(c1)OCCO2. The van der Waals surface area contributed by atoms with Crippen molar-refractivity contribution in [1.29, 1.82) is 0 Å². The van der Waals surface area contributed by atoms with E-state index in [9.17, 15) is 14.0 Å². The van der Waals surface area contributed by atoms with Crippen LogP contribution in [0.1, 0.15) is 10.4 Å². The van der Waals surface area contributed by atoms with Crippen LogP contribution in [0.2, 0.25) is 0 Å². The molecule has 24 heavy (non-hydrogen) atoms. The minimum absolute atomic E-state index is 0.204. The normalized spacial score (nSPS) is 12.4. The number of anilines is 1. The number of nitrogens with one attached hydrogen (secondary N) is 2. The second-order valence-electron chi connectivity index (χ2n) is 5.10. The maximum Gasteiger partial charge on any atom is 0.251 e. The van der Waals surface area contributed by atoms with Crippen molar-refractivity contribution in [2.75, 3.05) is 25.1 Å².